The molecule has 1 aliphatic heterocycles. The molecule has 1 aliphatic rings. The predicted octanol–water partition coefficient (Wildman–Crippen LogP) is 3.52. The molecule has 2 atom stereocenters. The van der Waals surface area contributed by atoms with Gasteiger partial charge < -0.3 is 14.0 Å². The van der Waals surface area contributed by atoms with Crippen molar-refractivity contribution in [3.8, 4) is 5.75 Å². The quantitative estimate of drug-likeness (QED) is 0.810. The van der Waals surface area contributed by atoms with Crippen molar-refractivity contribution in [1.29, 1.82) is 0 Å². The Morgan fingerprint density at radius 2 is 2.40 bits per heavy atom. The van der Waals surface area contributed by atoms with Crippen LogP contribution in [0.3, 0.4) is 0 Å². The zero-order valence-electron chi connectivity index (χ0n) is 11.8. The summed E-state index contributed by atoms with van der Waals surface area (Å²) < 4.78 is 13.2. The number of fused-ring (bicyclic) bond motifs is 1. The van der Waals surface area contributed by atoms with Crippen molar-refractivity contribution in [3.05, 3.63) is 24.0 Å². The van der Waals surface area contributed by atoms with Crippen LogP contribution >= 0.6 is 11.6 Å². The van der Waals surface area contributed by atoms with Crippen LogP contribution in [0.2, 0.25) is 0 Å². The summed E-state index contributed by atoms with van der Waals surface area (Å²) in [4.78, 5) is 4.66. The topological polar surface area (TPSA) is 36.3 Å². The number of hydrogen-bond donors (Lipinski definition) is 0. The first kappa shape index (κ1) is 13.7. The third-order valence-corrected chi connectivity index (χ3v) is 3.95. The van der Waals surface area contributed by atoms with E-state index in [0.29, 0.717) is 0 Å². The highest BCUT2D eigenvalue weighted by Gasteiger charge is 2.21. The second-order valence-corrected chi connectivity index (χ2v) is 5.84. The minimum atomic E-state index is -0.130. The Balaban J connectivity index is 2.03. The molecule has 20 heavy (non-hydrogen) atoms. The Kier molecular flexibility index (Phi) is 3.85. The molecule has 2 aromatic rings. The van der Waals surface area contributed by atoms with Gasteiger partial charge in [-0.25, -0.2) is 4.98 Å². The Morgan fingerprint density at radius 1 is 1.55 bits per heavy atom. The van der Waals surface area contributed by atoms with Crippen LogP contribution in [-0.2, 0) is 11.3 Å². The summed E-state index contributed by atoms with van der Waals surface area (Å²) in [5, 5.41) is -0.130. The molecule has 1 saturated heterocycles. The normalized spacial score (nSPS) is 20.4. The minimum Gasteiger partial charge on any atom is -0.497 e. The largest absolute Gasteiger partial charge is 0.497 e. The second kappa shape index (κ2) is 5.62. The monoisotopic (exact) mass is 294 g/mol. The highest BCUT2D eigenvalue weighted by Crippen LogP contribution is 2.28. The van der Waals surface area contributed by atoms with Gasteiger partial charge in [0.05, 0.1) is 36.2 Å². The number of aromatic nitrogens is 2. The first-order valence-electron chi connectivity index (χ1n) is 6.99. The van der Waals surface area contributed by atoms with Gasteiger partial charge in [0.15, 0.2) is 0 Å². The van der Waals surface area contributed by atoms with Crippen LogP contribution in [-0.4, -0.2) is 29.4 Å². The summed E-state index contributed by atoms with van der Waals surface area (Å²) in [6.45, 7) is 3.62. The fourth-order valence-electron chi connectivity index (χ4n) is 2.74. The van der Waals surface area contributed by atoms with Gasteiger partial charge in [0.1, 0.15) is 11.6 Å². The molecule has 3 rings (SSSR count). The van der Waals surface area contributed by atoms with Crippen molar-refractivity contribution in [3.63, 3.8) is 0 Å². The molecule has 0 N–H and O–H groups in total. The average Bonchev–Trinajstić information content (AvgIpc) is 3.06. The van der Waals surface area contributed by atoms with Crippen LogP contribution in [0, 0.1) is 0 Å². The maximum absolute atomic E-state index is 6.28. The lowest BCUT2D eigenvalue weighted by molar-refractivity contribution is 0.0972. The number of methoxy groups -OCH3 is 1. The molecule has 5 heteroatoms. The van der Waals surface area contributed by atoms with Crippen molar-refractivity contribution in [2.24, 2.45) is 0 Å². The third kappa shape index (κ3) is 2.50. The maximum Gasteiger partial charge on any atom is 0.127 e. The highest BCUT2D eigenvalue weighted by atomic mass is 35.5. The van der Waals surface area contributed by atoms with Gasteiger partial charge in [0.25, 0.3) is 0 Å². The van der Waals surface area contributed by atoms with Crippen LogP contribution in [0.15, 0.2) is 18.2 Å². The number of rotatable bonds is 4. The Labute approximate surface area is 123 Å². The van der Waals surface area contributed by atoms with Crippen LogP contribution in [0.5, 0.6) is 5.75 Å². The first-order valence-corrected chi connectivity index (χ1v) is 7.42. The van der Waals surface area contributed by atoms with E-state index in [1.807, 2.05) is 25.1 Å². The van der Waals surface area contributed by atoms with Crippen molar-refractivity contribution in [1.82, 2.24) is 9.55 Å². The summed E-state index contributed by atoms with van der Waals surface area (Å²) in [6.07, 6.45) is 2.51. The number of ether oxygens (including phenoxy) is 2. The third-order valence-electron chi connectivity index (χ3n) is 3.75. The van der Waals surface area contributed by atoms with Crippen molar-refractivity contribution in [2.45, 2.75) is 37.8 Å². The van der Waals surface area contributed by atoms with E-state index in [1.165, 1.54) is 0 Å². The molecule has 1 fully saturated rings. The zero-order valence-corrected chi connectivity index (χ0v) is 12.6. The van der Waals surface area contributed by atoms with Crippen LogP contribution < -0.4 is 4.74 Å². The lowest BCUT2D eigenvalue weighted by Gasteiger charge is -2.15. The van der Waals surface area contributed by atoms with Crippen LogP contribution in [0.4, 0.5) is 0 Å². The number of imidazole rings is 1. The van der Waals surface area contributed by atoms with Gasteiger partial charge >= 0.3 is 0 Å². The van der Waals surface area contributed by atoms with Gasteiger partial charge in [-0.3, -0.25) is 0 Å². The van der Waals surface area contributed by atoms with Gasteiger partial charge in [0, 0.05) is 12.7 Å². The second-order valence-electron chi connectivity index (χ2n) is 5.19. The number of nitrogens with zero attached hydrogens (tertiary/aromatic N) is 2. The zero-order chi connectivity index (χ0) is 14.1. The molecule has 2 unspecified atom stereocenters. The van der Waals surface area contributed by atoms with E-state index in [4.69, 9.17) is 21.1 Å². The molecular formula is C15H19ClN2O2. The molecule has 0 bridgehead atoms. The van der Waals surface area contributed by atoms with E-state index in [9.17, 15) is 0 Å². The lowest BCUT2D eigenvalue weighted by Crippen LogP contribution is -2.17. The summed E-state index contributed by atoms with van der Waals surface area (Å²) in [6, 6.07) is 5.95. The van der Waals surface area contributed by atoms with Gasteiger partial charge in [-0.05, 0) is 31.9 Å². The number of alkyl halides is 1. The summed E-state index contributed by atoms with van der Waals surface area (Å²) >= 11 is 6.28. The van der Waals surface area contributed by atoms with Gasteiger partial charge in [0.2, 0.25) is 0 Å². The van der Waals surface area contributed by atoms with E-state index < -0.39 is 0 Å². The molecule has 0 radical (unpaired) electrons. The van der Waals surface area contributed by atoms with E-state index in [2.05, 4.69) is 9.55 Å². The molecule has 1 aromatic heterocycles. The fraction of sp³-hybridized carbons (Fsp3) is 0.533. The van der Waals surface area contributed by atoms with E-state index in [1.54, 1.807) is 7.11 Å². The number of halogens is 1. The maximum atomic E-state index is 6.28. The molecule has 0 aliphatic carbocycles. The molecule has 4 nitrogen and oxygen atoms in total. The van der Waals surface area contributed by atoms with E-state index in [0.717, 1.165) is 48.6 Å². The van der Waals surface area contributed by atoms with Crippen molar-refractivity contribution >= 4 is 22.6 Å². The van der Waals surface area contributed by atoms with E-state index >= 15 is 0 Å². The standard InChI is InChI=1S/C15H19ClN2O2/c1-10(16)15-17-13-8-11(19-2)5-6-14(13)18(15)9-12-4-3-7-20-12/h5-6,8,10,12H,3-4,7,9H2,1-2H3. The predicted molar refractivity (Wildman–Crippen MR) is 79.5 cm³/mol. The molecular weight excluding hydrogens is 276 g/mol. The van der Waals surface area contributed by atoms with Gasteiger partial charge in [-0.2, -0.15) is 0 Å². The van der Waals surface area contributed by atoms with Crippen LogP contribution in [0.1, 0.15) is 31.0 Å². The lowest BCUT2D eigenvalue weighted by atomic mass is 10.2. The Bertz CT molecular complexity index is 603. The SMILES string of the molecule is COc1ccc2c(c1)nc(C(C)Cl)n2CC1CCCO1. The van der Waals surface area contributed by atoms with Gasteiger partial charge in [-0.1, -0.05) is 0 Å². The number of hydrogen-bond acceptors (Lipinski definition) is 3. The van der Waals surface area contributed by atoms with Crippen molar-refractivity contribution in [2.75, 3.05) is 13.7 Å². The Hall–Kier alpha value is -1.26. The molecule has 0 spiro atoms. The summed E-state index contributed by atoms with van der Waals surface area (Å²) in [7, 11) is 1.66. The highest BCUT2D eigenvalue weighted by molar-refractivity contribution is 6.20. The first-order chi connectivity index (χ1) is 9.69. The smallest absolute Gasteiger partial charge is 0.127 e. The fourth-order valence-corrected chi connectivity index (χ4v) is 2.91. The summed E-state index contributed by atoms with van der Waals surface area (Å²) in [5.74, 6) is 1.71. The molecule has 0 amide bonds. The van der Waals surface area contributed by atoms with Gasteiger partial charge in [-0.15, -0.1) is 11.6 Å². The molecule has 108 valence electrons. The Morgan fingerprint density at radius 3 is 3.05 bits per heavy atom. The van der Waals surface area contributed by atoms with Crippen molar-refractivity contribution < 1.29 is 9.47 Å². The number of benzene rings is 1. The minimum absolute atomic E-state index is 0.130. The average molecular weight is 295 g/mol. The van der Waals surface area contributed by atoms with Crippen LogP contribution in [0.25, 0.3) is 11.0 Å². The molecule has 2 heterocycles. The summed E-state index contributed by atoms with van der Waals surface area (Å²) in [5.41, 5.74) is 2.01. The molecule has 0 saturated carbocycles. The molecule has 1 aromatic carbocycles. The van der Waals surface area contributed by atoms with E-state index in [-0.39, 0.29) is 11.5 Å².